The monoisotopic (exact) mass is 242 g/mol. The van der Waals surface area contributed by atoms with Gasteiger partial charge in [-0.1, -0.05) is 34.4 Å². The minimum Gasteiger partial charge on any atom is -0.380 e. The molecular weight excluding hydrogens is 235 g/mol. The average molecular weight is 243 g/mol. The van der Waals surface area contributed by atoms with Gasteiger partial charge in [0.15, 0.2) is 11.6 Å². The molecule has 0 atom stereocenters. The van der Waals surface area contributed by atoms with Crippen LogP contribution in [0.4, 0.5) is 5.82 Å². The van der Waals surface area contributed by atoms with Gasteiger partial charge in [-0.3, -0.25) is 0 Å². The summed E-state index contributed by atoms with van der Waals surface area (Å²) in [5.41, 5.74) is 7.30. The molecule has 0 fully saturated rings. The van der Waals surface area contributed by atoms with Gasteiger partial charge >= 0.3 is 0 Å². The Hall–Kier alpha value is -1.19. The summed E-state index contributed by atoms with van der Waals surface area (Å²) < 4.78 is 5.05. The molecule has 3 nitrogen and oxygen atoms in total. The molecule has 2 rings (SSSR count). The quantitative estimate of drug-likeness (QED) is 0.833. The van der Waals surface area contributed by atoms with E-state index in [2.05, 4.69) is 5.16 Å². The van der Waals surface area contributed by atoms with E-state index in [1.807, 2.05) is 13.0 Å². The summed E-state index contributed by atoms with van der Waals surface area (Å²) in [6.07, 6.45) is 0. The average Bonchev–Trinajstić information content (AvgIpc) is 2.52. The van der Waals surface area contributed by atoms with Crippen molar-refractivity contribution in [2.75, 3.05) is 5.73 Å². The van der Waals surface area contributed by atoms with Crippen molar-refractivity contribution < 1.29 is 4.52 Å². The van der Waals surface area contributed by atoms with E-state index in [1.54, 1.807) is 12.1 Å². The number of benzene rings is 1. The van der Waals surface area contributed by atoms with Crippen molar-refractivity contribution >= 4 is 29.0 Å². The van der Waals surface area contributed by atoms with Crippen LogP contribution in [0.25, 0.3) is 11.3 Å². The van der Waals surface area contributed by atoms with Gasteiger partial charge in [0.05, 0.1) is 0 Å². The van der Waals surface area contributed by atoms with Crippen molar-refractivity contribution in [3.63, 3.8) is 0 Å². The van der Waals surface area contributed by atoms with Gasteiger partial charge in [-0.25, -0.2) is 0 Å². The number of nitrogens with two attached hydrogens (primary N) is 1. The highest BCUT2D eigenvalue weighted by molar-refractivity contribution is 6.35. The summed E-state index contributed by atoms with van der Waals surface area (Å²) in [5.74, 6) is 0.639. The summed E-state index contributed by atoms with van der Waals surface area (Å²) in [5, 5.41) is 4.52. The second-order valence-electron chi connectivity index (χ2n) is 3.17. The molecule has 2 N–H and O–H groups in total. The van der Waals surface area contributed by atoms with Crippen LogP contribution in [-0.2, 0) is 0 Å². The second-order valence-corrected chi connectivity index (χ2v) is 3.98. The summed E-state index contributed by atoms with van der Waals surface area (Å²) in [6, 6.07) is 5.45. The van der Waals surface area contributed by atoms with Crippen molar-refractivity contribution in [1.29, 1.82) is 0 Å². The van der Waals surface area contributed by atoms with Crippen molar-refractivity contribution in [2.45, 2.75) is 6.92 Å². The first kappa shape index (κ1) is 10.3. The fourth-order valence-electron chi connectivity index (χ4n) is 1.30. The molecule has 0 saturated heterocycles. The number of hydrogen-bond acceptors (Lipinski definition) is 3. The van der Waals surface area contributed by atoms with E-state index >= 15 is 0 Å². The van der Waals surface area contributed by atoms with Crippen LogP contribution in [0.3, 0.4) is 0 Å². The van der Waals surface area contributed by atoms with E-state index in [9.17, 15) is 0 Å². The van der Waals surface area contributed by atoms with E-state index in [4.69, 9.17) is 33.5 Å². The number of nitrogen functional groups attached to an aromatic ring is 1. The first-order chi connectivity index (χ1) is 7.09. The highest BCUT2D eigenvalue weighted by atomic mass is 35.5. The Labute approximate surface area is 96.8 Å². The number of hydrogen-bond donors (Lipinski definition) is 1. The molecule has 0 aliphatic rings. The van der Waals surface area contributed by atoms with Crippen LogP contribution in [0.2, 0.25) is 10.0 Å². The molecule has 0 radical (unpaired) electrons. The molecule has 5 heteroatoms. The lowest BCUT2D eigenvalue weighted by molar-refractivity contribution is 0.435. The molecule has 2 aromatic rings. The van der Waals surface area contributed by atoms with Crippen LogP contribution in [0, 0.1) is 6.92 Å². The number of anilines is 1. The topological polar surface area (TPSA) is 52.0 Å². The third kappa shape index (κ3) is 1.80. The predicted molar refractivity (Wildman–Crippen MR) is 61.1 cm³/mol. The number of aryl methyl sites for hydroxylation is 1. The van der Waals surface area contributed by atoms with Crippen LogP contribution in [-0.4, -0.2) is 5.16 Å². The third-order valence-corrected chi connectivity index (χ3v) is 2.70. The SMILES string of the molecule is Cc1ccc(Cl)cc1-c1onc(N)c1Cl. The van der Waals surface area contributed by atoms with E-state index < -0.39 is 0 Å². The smallest absolute Gasteiger partial charge is 0.188 e. The van der Waals surface area contributed by atoms with E-state index in [1.165, 1.54) is 0 Å². The van der Waals surface area contributed by atoms with Gasteiger partial charge in [-0.2, -0.15) is 0 Å². The maximum atomic E-state index is 5.94. The summed E-state index contributed by atoms with van der Waals surface area (Å²) in [4.78, 5) is 0. The third-order valence-electron chi connectivity index (χ3n) is 2.10. The van der Waals surface area contributed by atoms with E-state index in [0.717, 1.165) is 11.1 Å². The molecule has 1 aromatic carbocycles. The fourth-order valence-corrected chi connectivity index (χ4v) is 1.64. The molecule has 78 valence electrons. The molecule has 1 heterocycles. The maximum absolute atomic E-state index is 5.94. The maximum Gasteiger partial charge on any atom is 0.188 e. The molecule has 0 aliphatic heterocycles. The lowest BCUT2D eigenvalue weighted by Gasteiger charge is -2.02. The fraction of sp³-hybridized carbons (Fsp3) is 0.100. The lowest BCUT2D eigenvalue weighted by Crippen LogP contribution is -1.84. The number of nitrogens with zero attached hydrogens (tertiary/aromatic N) is 1. The summed E-state index contributed by atoms with van der Waals surface area (Å²) >= 11 is 11.8. The first-order valence-corrected chi connectivity index (χ1v) is 5.02. The van der Waals surface area contributed by atoms with Crippen molar-refractivity contribution in [2.24, 2.45) is 0 Å². The highest BCUT2D eigenvalue weighted by Crippen LogP contribution is 2.35. The van der Waals surface area contributed by atoms with Gasteiger partial charge in [-0.05, 0) is 24.6 Å². The Balaban J connectivity index is 2.63. The van der Waals surface area contributed by atoms with Crippen molar-refractivity contribution in [1.82, 2.24) is 5.16 Å². The van der Waals surface area contributed by atoms with Gasteiger partial charge in [-0.15, -0.1) is 0 Å². The zero-order valence-electron chi connectivity index (χ0n) is 7.92. The molecule has 0 bridgehead atoms. The van der Waals surface area contributed by atoms with Crippen molar-refractivity contribution in [3.8, 4) is 11.3 Å². The zero-order valence-corrected chi connectivity index (χ0v) is 9.43. The normalized spacial score (nSPS) is 10.6. The number of aromatic nitrogens is 1. The Morgan fingerprint density at radius 2 is 2.07 bits per heavy atom. The van der Waals surface area contributed by atoms with Crippen LogP contribution in [0.5, 0.6) is 0 Å². The Kier molecular flexibility index (Phi) is 2.59. The van der Waals surface area contributed by atoms with Crippen molar-refractivity contribution in [3.05, 3.63) is 33.8 Å². The molecule has 0 unspecified atom stereocenters. The molecule has 15 heavy (non-hydrogen) atoms. The minimum absolute atomic E-state index is 0.186. The molecule has 0 amide bonds. The summed E-state index contributed by atoms with van der Waals surface area (Å²) in [6.45, 7) is 1.93. The highest BCUT2D eigenvalue weighted by Gasteiger charge is 2.15. The van der Waals surface area contributed by atoms with Gasteiger partial charge < -0.3 is 10.3 Å². The Morgan fingerprint density at radius 1 is 1.33 bits per heavy atom. The Morgan fingerprint density at radius 3 is 2.67 bits per heavy atom. The minimum atomic E-state index is 0.186. The Bertz CT molecular complexity index is 508. The van der Waals surface area contributed by atoms with Crippen LogP contribution in [0.1, 0.15) is 5.56 Å². The predicted octanol–water partition coefficient (Wildman–Crippen LogP) is 3.54. The molecule has 1 aromatic heterocycles. The van der Waals surface area contributed by atoms with Gasteiger partial charge in [0, 0.05) is 10.6 Å². The van der Waals surface area contributed by atoms with Crippen LogP contribution < -0.4 is 5.73 Å². The lowest BCUT2D eigenvalue weighted by atomic mass is 10.1. The molecule has 0 aliphatic carbocycles. The van der Waals surface area contributed by atoms with Crippen LogP contribution >= 0.6 is 23.2 Å². The largest absolute Gasteiger partial charge is 0.380 e. The van der Waals surface area contributed by atoms with Crippen LogP contribution in [0.15, 0.2) is 22.7 Å². The molecule has 0 spiro atoms. The van der Waals surface area contributed by atoms with Gasteiger partial charge in [0.2, 0.25) is 0 Å². The van der Waals surface area contributed by atoms with Gasteiger partial charge in [0.25, 0.3) is 0 Å². The first-order valence-electron chi connectivity index (χ1n) is 4.26. The number of halogens is 2. The van der Waals surface area contributed by atoms with Gasteiger partial charge in [0.1, 0.15) is 5.02 Å². The zero-order chi connectivity index (χ0) is 11.0. The second kappa shape index (κ2) is 3.76. The number of rotatable bonds is 1. The molecule has 0 saturated carbocycles. The summed E-state index contributed by atoms with van der Waals surface area (Å²) in [7, 11) is 0. The van der Waals surface area contributed by atoms with E-state index in [0.29, 0.717) is 15.8 Å². The molecular formula is C10H8Cl2N2O. The standard InChI is InChI=1S/C10H8Cl2N2O/c1-5-2-3-6(11)4-7(5)9-8(12)10(13)14-15-9/h2-4H,1H3,(H2,13,14). The van der Waals surface area contributed by atoms with E-state index in [-0.39, 0.29) is 5.82 Å².